The van der Waals surface area contributed by atoms with Crippen molar-refractivity contribution in [2.45, 2.75) is 133 Å². The number of guanidine groups is 1. The first-order valence-corrected chi connectivity index (χ1v) is 20.1. The third-order valence-electron chi connectivity index (χ3n) is 8.87. The Bertz CT molecular complexity index is 1580. The van der Waals surface area contributed by atoms with Crippen molar-refractivity contribution in [3.05, 3.63) is 0 Å². The zero-order valence-corrected chi connectivity index (χ0v) is 35.2. The second-order valence-electron chi connectivity index (χ2n) is 14.9. The Kier molecular flexibility index (Phi) is 27.0. The summed E-state index contributed by atoms with van der Waals surface area (Å²) < 4.78 is 0. The van der Waals surface area contributed by atoms with Crippen LogP contribution in [-0.2, 0) is 47.9 Å². The summed E-state index contributed by atoms with van der Waals surface area (Å²) >= 11 is 0. The summed E-state index contributed by atoms with van der Waals surface area (Å²) in [6, 6.07) is -10.7. The van der Waals surface area contributed by atoms with E-state index in [0.29, 0.717) is 32.1 Å². The third-order valence-corrected chi connectivity index (χ3v) is 8.87. The maximum Gasteiger partial charge on any atom is 0.326 e. The number of carboxylic acids is 2. The molecule has 0 aliphatic heterocycles. The van der Waals surface area contributed by atoms with Gasteiger partial charge in [0.15, 0.2) is 5.96 Å². The zero-order valence-electron chi connectivity index (χ0n) is 35.2. The van der Waals surface area contributed by atoms with Gasteiger partial charge in [0.25, 0.3) is 0 Å². The fraction of sp³-hybridized carbons (Fsp3) is 0.694. The molecule has 0 saturated heterocycles. The van der Waals surface area contributed by atoms with Crippen molar-refractivity contribution in [2.24, 2.45) is 51.0 Å². The number of nitrogens with one attached hydrogen (secondary N) is 6. The van der Waals surface area contributed by atoms with Crippen molar-refractivity contribution < 1.29 is 58.2 Å². The second-order valence-corrected chi connectivity index (χ2v) is 14.9. The van der Waals surface area contributed by atoms with Crippen molar-refractivity contribution in [1.29, 1.82) is 0 Å². The van der Waals surface area contributed by atoms with E-state index in [-0.39, 0.29) is 57.2 Å². The number of unbranched alkanes of at least 4 members (excludes halogenated alkanes) is 2. The molecule has 0 spiro atoms. The Hall–Kier alpha value is -6.15. The molecule has 0 aliphatic rings. The lowest BCUT2D eigenvalue weighted by Gasteiger charge is -2.27. The standard InChI is InChI=1S/C36H66N14O12/c1-18(2)14-22(32(58)46-21(10-4-6-12-38)31(57)50-25(35(61)62)16-27(41)52)47-33(59)23(15-26(40)51)48-34(60)24(17-28(53)54)49-30(56)20(9-3-5-11-37)45-29(55)19(39)8-7-13-44-36(42)43/h18-25H,3-17,37-39H2,1-2H3,(H2,40,51)(H2,41,52)(H,45,55)(H,46,58)(H,47,59)(H,48,60)(H,49,56)(H,50,57)(H,53,54)(H,61,62)(H4,42,43,44)/t19-,20-,21-,22-,23-,24-,25-/m0/s1. The minimum absolute atomic E-state index is 0.00592. The first-order valence-electron chi connectivity index (χ1n) is 20.1. The molecule has 26 heteroatoms. The predicted octanol–water partition coefficient (Wildman–Crippen LogP) is -6.11. The number of nitrogens with two attached hydrogens (primary N) is 7. The molecule has 352 valence electrons. The topological polar surface area (TPSA) is 478 Å². The summed E-state index contributed by atoms with van der Waals surface area (Å²) in [6.07, 6.45) is -0.815. The predicted molar refractivity (Wildman–Crippen MR) is 222 cm³/mol. The van der Waals surface area contributed by atoms with E-state index >= 15 is 0 Å². The van der Waals surface area contributed by atoms with Crippen molar-refractivity contribution in [3.8, 4) is 0 Å². The number of primary amides is 2. The number of carbonyl (C=O) groups is 10. The highest BCUT2D eigenvalue weighted by atomic mass is 16.4. The normalized spacial score (nSPS) is 14.3. The Morgan fingerprint density at radius 1 is 0.500 bits per heavy atom. The first kappa shape index (κ1) is 55.8. The van der Waals surface area contributed by atoms with Gasteiger partial charge >= 0.3 is 11.9 Å². The van der Waals surface area contributed by atoms with Crippen molar-refractivity contribution in [2.75, 3.05) is 19.6 Å². The lowest BCUT2D eigenvalue weighted by Crippen LogP contribution is -2.60. The molecule has 0 bridgehead atoms. The minimum Gasteiger partial charge on any atom is -0.481 e. The summed E-state index contributed by atoms with van der Waals surface area (Å²) in [7, 11) is 0. The molecule has 7 atom stereocenters. The SMILES string of the molecule is CC(C)C[C@H](NC(=O)[C@H](CC(N)=O)NC(=O)[C@H](CC(=O)O)NC(=O)[C@H](CCCCN)NC(=O)[C@@H](N)CCCN=C(N)N)C(=O)N[C@@H](CCCCN)C(=O)N[C@@H](CC(N)=O)C(=O)O. The van der Waals surface area contributed by atoms with Crippen LogP contribution < -0.4 is 72.0 Å². The van der Waals surface area contributed by atoms with E-state index in [0.717, 1.165) is 0 Å². The average molecular weight is 887 g/mol. The molecule has 0 radical (unpaired) electrons. The lowest BCUT2D eigenvalue weighted by molar-refractivity contribution is -0.144. The maximum atomic E-state index is 13.7. The molecule has 0 heterocycles. The van der Waals surface area contributed by atoms with Gasteiger partial charge in [0.1, 0.15) is 36.3 Å². The fourth-order valence-corrected chi connectivity index (χ4v) is 5.71. The average Bonchev–Trinajstić information content (AvgIpc) is 3.16. The molecule has 0 aromatic heterocycles. The van der Waals surface area contributed by atoms with E-state index in [4.69, 9.17) is 40.1 Å². The molecular weight excluding hydrogens is 820 g/mol. The van der Waals surface area contributed by atoms with Crippen LogP contribution in [-0.4, -0.2) is 137 Å². The van der Waals surface area contributed by atoms with Gasteiger partial charge in [-0.2, -0.15) is 0 Å². The number of hydrogen-bond donors (Lipinski definition) is 15. The van der Waals surface area contributed by atoms with E-state index in [2.05, 4.69) is 36.9 Å². The summed E-state index contributed by atoms with van der Waals surface area (Å²) in [5.41, 5.74) is 38.2. The van der Waals surface area contributed by atoms with Crippen molar-refractivity contribution in [3.63, 3.8) is 0 Å². The molecule has 26 nitrogen and oxygen atoms in total. The number of nitrogens with zero attached hydrogens (tertiary/aromatic N) is 1. The molecule has 22 N–H and O–H groups in total. The smallest absolute Gasteiger partial charge is 0.326 e. The van der Waals surface area contributed by atoms with Crippen LogP contribution >= 0.6 is 0 Å². The van der Waals surface area contributed by atoms with Gasteiger partial charge in [0.2, 0.25) is 47.3 Å². The largest absolute Gasteiger partial charge is 0.481 e. The minimum atomic E-state index is -1.88. The summed E-state index contributed by atoms with van der Waals surface area (Å²) in [5, 5.41) is 33.1. The van der Waals surface area contributed by atoms with Crippen LogP contribution in [0.4, 0.5) is 0 Å². The van der Waals surface area contributed by atoms with Gasteiger partial charge in [0, 0.05) is 6.54 Å². The molecule has 0 aliphatic carbocycles. The molecule has 0 aromatic rings. The second kappa shape index (κ2) is 30.0. The summed E-state index contributed by atoms with van der Waals surface area (Å²) in [5.74, 6) is -11.7. The summed E-state index contributed by atoms with van der Waals surface area (Å²) in [4.78, 5) is 131. The van der Waals surface area contributed by atoms with Crippen LogP contribution in [0.15, 0.2) is 4.99 Å². The fourth-order valence-electron chi connectivity index (χ4n) is 5.71. The number of aliphatic carboxylic acids is 2. The van der Waals surface area contributed by atoms with Gasteiger partial charge in [-0.3, -0.25) is 48.1 Å². The molecule has 62 heavy (non-hydrogen) atoms. The third kappa shape index (κ3) is 24.2. The van der Waals surface area contributed by atoms with Crippen molar-refractivity contribution in [1.82, 2.24) is 31.9 Å². The van der Waals surface area contributed by atoms with Crippen LogP contribution in [0.1, 0.15) is 90.9 Å². The van der Waals surface area contributed by atoms with E-state index in [1.165, 1.54) is 0 Å². The molecule has 8 amide bonds. The first-order chi connectivity index (χ1) is 29.0. The number of aliphatic imine (C=N–C) groups is 1. The van der Waals surface area contributed by atoms with Gasteiger partial charge in [-0.05, 0) is 76.8 Å². The number of hydrogen-bond acceptors (Lipinski definition) is 14. The Morgan fingerprint density at radius 3 is 1.31 bits per heavy atom. The van der Waals surface area contributed by atoms with E-state index in [1.54, 1.807) is 13.8 Å². The van der Waals surface area contributed by atoms with Crippen LogP contribution in [0, 0.1) is 5.92 Å². The Balaban J connectivity index is 6.38. The van der Waals surface area contributed by atoms with E-state index < -0.39 is 121 Å². The monoisotopic (exact) mass is 886 g/mol. The van der Waals surface area contributed by atoms with Gasteiger partial charge < -0.3 is 82.2 Å². The Labute approximate surface area is 358 Å². The molecule has 0 saturated carbocycles. The maximum absolute atomic E-state index is 13.7. The van der Waals surface area contributed by atoms with Crippen LogP contribution in [0.5, 0.6) is 0 Å². The van der Waals surface area contributed by atoms with Crippen LogP contribution in [0.3, 0.4) is 0 Å². The molecule has 0 unspecified atom stereocenters. The highest BCUT2D eigenvalue weighted by Gasteiger charge is 2.35. The van der Waals surface area contributed by atoms with E-state index in [1.807, 2.05) is 0 Å². The van der Waals surface area contributed by atoms with Crippen LogP contribution in [0.25, 0.3) is 0 Å². The quantitative estimate of drug-likeness (QED) is 0.0166. The van der Waals surface area contributed by atoms with Crippen molar-refractivity contribution >= 4 is 65.2 Å². The van der Waals surface area contributed by atoms with Gasteiger partial charge in [-0.1, -0.05) is 13.8 Å². The Morgan fingerprint density at radius 2 is 0.887 bits per heavy atom. The molecule has 0 rings (SSSR count). The summed E-state index contributed by atoms with van der Waals surface area (Å²) in [6.45, 7) is 4.03. The number of amides is 8. The molecular formula is C36H66N14O12. The molecule has 0 fully saturated rings. The van der Waals surface area contributed by atoms with Gasteiger partial charge in [0.05, 0.1) is 25.3 Å². The highest BCUT2D eigenvalue weighted by molar-refractivity contribution is 5.99. The lowest BCUT2D eigenvalue weighted by atomic mass is 10.0. The van der Waals surface area contributed by atoms with Crippen LogP contribution in [0.2, 0.25) is 0 Å². The number of rotatable bonds is 33. The molecule has 0 aromatic carbocycles. The van der Waals surface area contributed by atoms with Gasteiger partial charge in [-0.15, -0.1) is 0 Å². The van der Waals surface area contributed by atoms with Gasteiger partial charge in [-0.25, -0.2) is 4.79 Å². The highest BCUT2D eigenvalue weighted by Crippen LogP contribution is 2.10. The number of carbonyl (C=O) groups excluding carboxylic acids is 8. The van der Waals surface area contributed by atoms with E-state index in [9.17, 15) is 58.2 Å². The zero-order chi connectivity index (χ0) is 47.5. The number of carboxylic acid groups (broad SMARTS) is 2.